The van der Waals surface area contributed by atoms with Gasteiger partial charge in [0.15, 0.2) is 0 Å². The van der Waals surface area contributed by atoms with E-state index in [1.54, 1.807) is 0 Å². The molecule has 7 aromatic carbocycles. The van der Waals surface area contributed by atoms with Crippen molar-refractivity contribution in [1.29, 1.82) is 0 Å². The molecule has 3 aliphatic carbocycles. The lowest BCUT2D eigenvalue weighted by Gasteiger charge is -2.32. The van der Waals surface area contributed by atoms with E-state index in [0.29, 0.717) is 0 Å². The summed E-state index contributed by atoms with van der Waals surface area (Å²) < 4.78 is 0. The highest BCUT2D eigenvalue weighted by Gasteiger charge is 2.45. The number of anilines is 6. The summed E-state index contributed by atoms with van der Waals surface area (Å²) in [6.07, 6.45) is 4.51. The Morgan fingerprint density at radius 3 is 1.49 bits per heavy atom. The van der Waals surface area contributed by atoms with Crippen LogP contribution in [0.5, 0.6) is 0 Å². The Kier molecular flexibility index (Phi) is 7.27. The van der Waals surface area contributed by atoms with Gasteiger partial charge in [-0.2, -0.15) is 0 Å². The first-order chi connectivity index (χ1) is 25.9. The minimum absolute atomic E-state index is 0.00592. The van der Waals surface area contributed by atoms with E-state index in [1.807, 2.05) is 0 Å². The molecule has 3 aliphatic rings. The Morgan fingerprint density at radius 2 is 0.925 bits per heavy atom. The zero-order valence-electron chi connectivity index (χ0n) is 30.8. The van der Waals surface area contributed by atoms with Gasteiger partial charge < -0.3 is 9.80 Å². The van der Waals surface area contributed by atoms with Crippen molar-refractivity contribution in [2.75, 3.05) is 9.80 Å². The average molecular weight is 685 g/mol. The number of hydrogen-bond donors (Lipinski definition) is 0. The van der Waals surface area contributed by atoms with E-state index in [4.69, 9.17) is 0 Å². The normalized spacial score (nSPS) is 17.3. The highest BCUT2D eigenvalue weighted by atomic mass is 15.1. The number of hydrogen-bond acceptors (Lipinski definition) is 2. The van der Waals surface area contributed by atoms with Crippen LogP contribution >= 0.6 is 0 Å². The molecule has 0 aromatic heterocycles. The quantitative estimate of drug-likeness (QED) is 0.172. The summed E-state index contributed by atoms with van der Waals surface area (Å²) in [7, 11) is 0. The lowest BCUT2D eigenvalue weighted by Crippen LogP contribution is -2.22. The van der Waals surface area contributed by atoms with Crippen LogP contribution in [0.2, 0.25) is 0 Å². The molecule has 2 heteroatoms. The van der Waals surface area contributed by atoms with Crippen LogP contribution in [-0.2, 0) is 23.7 Å². The number of rotatable bonds is 6. The van der Waals surface area contributed by atoms with Crippen LogP contribution in [0.3, 0.4) is 0 Å². The van der Waals surface area contributed by atoms with Gasteiger partial charge in [0, 0.05) is 45.0 Å². The first-order valence-electron chi connectivity index (χ1n) is 19.2. The number of aryl methyl sites for hydroxylation is 2. The monoisotopic (exact) mass is 684 g/mol. The number of para-hydroxylation sites is 3. The Morgan fingerprint density at radius 1 is 0.434 bits per heavy atom. The van der Waals surface area contributed by atoms with Gasteiger partial charge in [0.1, 0.15) is 0 Å². The Balaban J connectivity index is 1.12. The van der Waals surface area contributed by atoms with E-state index >= 15 is 0 Å². The highest BCUT2D eigenvalue weighted by Crippen LogP contribution is 2.56. The molecule has 0 amide bonds. The molecule has 0 N–H and O–H groups in total. The summed E-state index contributed by atoms with van der Waals surface area (Å²) in [6, 6.07) is 60.9. The first-order valence-corrected chi connectivity index (χ1v) is 19.2. The van der Waals surface area contributed by atoms with Crippen molar-refractivity contribution in [3.63, 3.8) is 0 Å². The van der Waals surface area contributed by atoms with Gasteiger partial charge >= 0.3 is 0 Å². The number of nitrogens with zero attached hydrogens (tertiary/aromatic N) is 2. The van der Waals surface area contributed by atoms with Crippen molar-refractivity contribution in [2.45, 2.75) is 57.3 Å². The van der Waals surface area contributed by atoms with E-state index in [9.17, 15) is 0 Å². The third-order valence-electron chi connectivity index (χ3n) is 12.6. The van der Waals surface area contributed by atoms with E-state index in [-0.39, 0.29) is 10.8 Å². The molecule has 7 aromatic rings. The molecule has 1 atom stereocenters. The minimum atomic E-state index is -0.0297. The zero-order valence-corrected chi connectivity index (χ0v) is 30.8. The van der Waals surface area contributed by atoms with Gasteiger partial charge in [0.25, 0.3) is 0 Å². The van der Waals surface area contributed by atoms with Crippen LogP contribution in [0.4, 0.5) is 34.1 Å². The second-order valence-corrected chi connectivity index (χ2v) is 15.7. The third kappa shape index (κ3) is 4.85. The number of fused-ring (bicyclic) bond motifs is 7. The molecule has 0 bridgehead atoms. The molecule has 0 unspecified atom stereocenters. The summed E-state index contributed by atoms with van der Waals surface area (Å²) in [4.78, 5) is 4.92. The molecule has 10 rings (SSSR count). The van der Waals surface area contributed by atoms with Gasteiger partial charge in [-0.3, -0.25) is 0 Å². The molecule has 53 heavy (non-hydrogen) atoms. The Bertz CT molecular complexity index is 2460. The van der Waals surface area contributed by atoms with E-state index in [1.165, 1.54) is 84.2 Å². The highest BCUT2D eigenvalue weighted by molar-refractivity contribution is 5.90. The molecule has 0 radical (unpaired) electrons. The van der Waals surface area contributed by atoms with Crippen LogP contribution < -0.4 is 9.80 Å². The van der Waals surface area contributed by atoms with E-state index in [0.717, 1.165) is 25.7 Å². The molecule has 0 aliphatic heterocycles. The lowest BCUT2D eigenvalue weighted by atomic mass is 9.76. The molecule has 0 saturated heterocycles. The summed E-state index contributed by atoms with van der Waals surface area (Å²) in [6.45, 7) is 7.07. The summed E-state index contributed by atoms with van der Waals surface area (Å²) >= 11 is 0. The summed E-state index contributed by atoms with van der Waals surface area (Å²) in [5.74, 6) is 0. The topological polar surface area (TPSA) is 6.48 Å². The predicted molar refractivity (Wildman–Crippen MR) is 222 cm³/mol. The van der Waals surface area contributed by atoms with Gasteiger partial charge in [-0.15, -0.1) is 0 Å². The van der Waals surface area contributed by atoms with Crippen molar-refractivity contribution in [3.05, 3.63) is 203 Å². The van der Waals surface area contributed by atoms with Crippen LogP contribution in [0.1, 0.15) is 65.6 Å². The smallest absolute Gasteiger partial charge is 0.0497 e. The van der Waals surface area contributed by atoms with Crippen molar-refractivity contribution in [2.24, 2.45) is 0 Å². The molecule has 258 valence electrons. The fourth-order valence-corrected chi connectivity index (χ4v) is 10.0. The predicted octanol–water partition coefficient (Wildman–Crippen LogP) is 13.4. The Labute approximate surface area is 314 Å². The fourth-order valence-electron chi connectivity index (χ4n) is 10.0. The summed E-state index contributed by atoms with van der Waals surface area (Å²) in [5.41, 5.74) is 20.1. The van der Waals surface area contributed by atoms with Crippen LogP contribution in [-0.4, -0.2) is 0 Å². The second kappa shape index (κ2) is 12.1. The molecular formula is C51H44N2. The molecule has 2 nitrogen and oxygen atoms in total. The molecule has 0 heterocycles. The summed E-state index contributed by atoms with van der Waals surface area (Å²) in [5, 5.41) is 0. The van der Waals surface area contributed by atoms with Crippen LogP contribution in [0.15, 0.2) is 164 Å². The van der Waals surface area contributed by atoms with E-state index < -0.39 is 0 Å². The Hall–Kier alpha value is -5.86. The van der Waals surface area contributed by atoms with Gasteiger partial charge in [-0.1, -0.05) is 111 Å². The minimum Gasteiger partial charge on any atom is -0.310 e. The second-order valence-electron chi connectivity index (χ2n) is 15.7. The first kappa shape index (κ1) is 31.8. The SMILES string of the molecule is Cc1c(N(c2ccccc2)c2ccc3c(c2)[C@]2(CCc4ccc(N(c5ccccc5)c5ccccc5)cc42)CC3)ccc2c1-c1ccccc1C2(C)C. The van der Waals surface area contributed by atoms with Crippen molar-refractivity contribution in [1.82, 2.24) is 0 Å². The number of benzene rings is 7. The average Bonchev–Trinajstić information content (AvgIpc) is 3.84. The molecule has 0 saturated carbocycles. The lowest BCUT2D eigenvalue weighted by molar-refractivity contribution is 0.507. The zero-order chi connectivity index (χ0) is 35.7. The van der Waals surface area contributed by atoms with E-state index in [2.05, 4.69) is 194 Å². The van der Waals surface area contributed by atoms with Gasteiger partial charge in [-0.05, 0) is 149 Å². The molecule has 0 fully saturated rings. The van der Waals surface area contributed by atoms with Crippen molar-refractivity contribution < 1.29 is 0 Å². The third-order valence-corrected chi connectivity index (χ3v) is 12.6. The maximum Gasteiger partial charge on any atom is 0.0497 e. The maximum absolute atomic E-state index is 2.55. The van der Waals surface area contributed by atoms with Crippen molar-refractivity contribution in [3.8, 4) is 11.1 Å². The standard InChI is InChI=1S/C51H44N2/c1-35-48(28-27-45-49(35)43-21-13-14-22-44(43)50(45,2)3)53(40-19-11-6-12-20-40)42-26-24-37-30-32-51(47(37)34-42)31-29-36-23-25-41(33-46(36)51)52(38-15-7-4-8-16-38)39-17-9-5-10-18-39/h4-28,33-34H,29-32H2,1-3H3/t51-/m1/s1. The van der Waals surface area contributed by atoms with Gasteiger partial charge in [-0.25, -0.2) is 0 Å². The van der Waals surface area contributed by atoms with Crippen molar-refractivity contribution >= 4 is 34.1 Å². The van der Waals surface area contributed by atoms with Gasteiger partial charge in [0.05, 0.1) is 0 Å². The largest absolute Gasteiger partial charge is 0.310 e. The fraction of sp³-hybridized carbons (Fsp3) is 0.176. The van der Waals surface area contributed by atoms with Gasteiger partial charge in [0.2, 0.25) is 0 Å². The van der Waals surface area contributed by atoms with Crippen LogP contribution in [0.25, 0.3) is 11.1 Å². The maximum atomic E-state index is 2.55. The van der Waals surface area contributed by atoms with Crippen LogP contribution in [0, 0.1) is 6.92 Å². The molecular weight excluding hydrogens is 641 g/mol. The molecule has 1 spiro atoms.